The van der Waals surface area contributed by atoms with E-state index >= 15 is 0 Å². The zero-order valence-electron chi connectivity index (χ0n) is 9.25. The van der Waals surface area contributed by atoms with E-state index in [1.54, 1.807) is 0 Å². The lowest BCUT2D eigenvalue weighted by Gasteiger charge is -2.00. The first-order valence-electron chi connectivity index (χ1n) is 5.43. The minimum absolute atomic E-state index is 0.0229. The molecule has 1 atom stereocenters. The summed E-state index contributed by atoms with van der Waals surface area (Å²) in [5.74, 6) is -0.330. The summed E-state index contributed by atoms with van der Waals surface area (Å²) in [6.45, 7) is 0. The Balaban J connectivity index is 1.77. The number of rotatable bonds is 3. The molecule has 2 N–H and O–H groups in total. The molecule has 2 amide bonds. The Morgan fingerprint density at radius 3 is 2.94 bits per heavy atom. The second-order valence-electron chi connectivity index (χ2n) is 4.15. The molecular formula is C10H10N4O3S. The van der Waals surface area contributed by atoms with Crippen LogP contribution in [-0.2, 0) is 20.6 Å². The molecule has 0 bridgehead atoms. The van der Waals surface area contributed by atoms with Crippen LogP contribution in [0.2, 0.25) is 0 Å². The Morgan fingerprint density at radius 2 is 2.33 bits per heavy atom. The van der Waals surface area contributed by atoms with Crippen molar-refractivity contribution in [1.82, 2.24) is 14.5 Å². The van der Waals surface area contributed by atoms with Gasteiger partial charge in [-0.1, -0.05) is 0 Å². The maximum Gasteiger partial charge on any atom is 0.258 e. The van der Waals surface area contributed by atoms with Gasteiger partial charge in [0.15, 0.2) is 16.0 Å². The summed E-state index contributed by atoms with van der Waals surface area (Å²) in [7, 11) is -1.59. The smallest absolute Gasteiger partial charge is 0.258 e. The Morgan fingerprint density at radius 1 is 1.56 bits per heavy atom. The number of nitrogens with one attached hydrogen (secondary N) is 2. The van der Waals surface area contributed by atoms with Gasteiger partial charge in [0.05, 0.1) is 18.1 Å². The highest BCUT2D eigenvalue weighted by Gasteiger charge is 2.30. The molecular weight excluding hydrogens is 256 g/mol. The number of carbonyl (C=O) groups is 2. The summed E-state index contributed by atoms with van der Waals surface area (Å²) in [5, 5.41) is 6.94. The molecule has 0 aromatic carbocycles. The van der Waals surface area contributed by atoms with Crippen molar-refractivity contribution in [1.29, 1.82) is 0 Å². The van der Waals surface area contributed by atoms with Gasteiger partial charge in [-0.15, -0.1) is 0 Å². The van der Waals surface area contributed by atoms with E-state index in [1.807, 2.05) is 0 Å². The summed E-state index contributed by atoms with van der Waals surface area (Å²) in [6, 6.07) is 0. The Kier molecular flexibility index (Phi) is 2.51. The monoisotopic (exact) mass is 266 g/mol. The molecule has 8 heteroatoms. The summed E-state index contributed by atoms with van der Waals surface area (Å²) < 4.78 is 15.0. The van der Waals surface area contributed by atoms with E-state index in [0.717, 1.165) is 12.8 Å². The Labute approximate surface area is 105 Å². The fourth-order valence-corrected chi connectivity index (χ4v) is 2.42. The van der Waals surface area contributed by atoms with E-state index in [1.165, 1.54) is 23.2 Å². The van der Waals surface area contributed by atoms with Crippen LogP contribution in [-0.4, -0.2) is 25.8 Å². The SMILES string of the molecule is O=C1C=C(n2cc(NC(=O)C3CC3)cn2)S(=O)N1. The highest BCUT2D eigenvalue weighted by atomic mass is 32.2. The molecule has 1 saturated carbocycles. The maximum absolute atomic E-state index is 11.5. The molecule has 0 saturated heterocycles. The predicted octanol–water partition coefficient (Wildman–Crippen LogP) is -0.177. The topological polar surface area (TPSA) is 93.1 Å². The number of aromatic nitrogens is 2. The first-order valence-corrected chi connectivity index (χ1v) is 6.58. The Hall–Kier alpha value is -1.96. The third-order valence-corrected chi connectivity index (χ3v) is 3.73. The van der Waals surface area contributed by atoms with Gasteiger partial charge in [-0.2, -0.15) is 5.10 Å². The van der Waals surface area contributed by atoms with Gasteiger partial charge in [-0.3, -0.25) is 14.3 Å². The third kappa shape index (κ3) is 2.06. The van der Waals surface area contributed by atoms with Crippen LogP contribution < -0.4 is 10.0 Å². The molecule has 1 aliphatic heterocycles. The molecule has 94 valence electrons. The summed E-state index contributed by atoms with van der Waals surface area (Å²) in [6.07, 6.45) is 6.06. The third-order valence-electron chi connectivity index (χ3n) is 2.66. The van der Waals surface area contributed by atoms with Crippen molar-refractivity contribution >= 4 is 33.5 Å². The van der Waals surface area contributed by atoms with Crippen LogP contribution in [0.3, 0.4) is 0 Å². The van der Waals surface area contributed by atoms with Crippen LogP contribution in [0.15, 0.2) is 18.5 Å². The molecule has 2 aliphatic rings. The van der Waals surface area contributed by atoms with Crippen LogP contribution in [0.25, 0.3) is 5.03 Å². The molecule has 18 heavy (non-hydrogen) atoms. The van der Waals surface area contributed by atoms with Crippen molar-refractivity contribution in [2.45, 2.75) is 12.8 Å². The minimum atomic E-state index is -1.59. The van der Waals surface area contributed by atoms with Gasteiger partial charge in [0.1, 0.15) is 0 Å². The van der Waals surface area contributed by atoms with Crippen molar-refractivity contribution in [3.8, 4) is 0 Å². The molecule has 0 radical (unpaired) electrons. The van der Waals surface area contributed by atoms with Gasteiger partial charge in [-0.05, 0) is 12.8 Å². The molecule has 7 nitrogen and oxygen atoms in total. The summed E-state index contributed by atoms with van der Waals surface area (Å²) in [4.78, 5) is 22.6. The molecule has 1 fully saturated rings. The minimum Gasteiger partial charge on any atom is -0.323 e. The van der Waals surface area contributed by atoms with Crippen molar-refractivity contribution < 1.29 is 13.8 Å². The number of anilines is 1. The van der Waals surface area contributed by atoms with Gasteiger partial charge < -0.3 is 5.32 Å². The number of amides is 2. The molecule has 2 heterocycles. The standard InChI is InChI=1S/C10H10N4O3S/c15-8-3-9(18(17)13-8)14-5-7(4-11-14)12-10(16)6-1-2-6/h3-6H,1-2H2,(H,12,16)(H,13,15). The van der Waals surface area contributed by atoms with Crippen molar-refractivity contribution in [2.24, 2.45) is 5.92 Å². The van der Waals surface area contributed by atoms with E-state index in [9.17, 15) is 13.8 Å². The van der Waals surface area contributed by atoms with Gasteiger partial charge >= 0.3 is 0 Å². The van der Waals surface area contributed by atoms with Crippen LogP contribution in [0.4, 0.5) is 5.69 Å². The predicted molar refractivity (Wildman–Crippen MR) is 64.1 cm³/mol. The van der Waals surface area contributed by atoms with E-state index in [4.69, 9.17) is 0 Å². The zero-order valence-corrected chi connectivity index (χ0v) is 10.1. The average Bonchev–Trinajstić information content (AvgIpc) is 2.99. The van der Waals surface area contributed by atoms with Crippen molar-refractivity contribution in [2.75, 3.05) is 5.32 Å². The number of hydrogen-bond acceptors (Lipinski definition) is 4. The molecule has 1 aromatic rings. The maximum atomic E-state index is 11.5. The van der Waals surface area contributed by atoms with Crippen LogP contribution in [0.5, 0.6) is 0 Å². The highest BCUT2D eigenvalue weighted by Crippen LogP contribution is 2.30. The van der Waals surface area contributed by atoms with E-state index in [-0.39, 0.29) is 16.9 Å². The molecule has 3 rings (SSSR count). The van der Waals surface area contributed by atoms with Crippen molar-refractivity contribution in [3.05, 3.63) is 18.5 Å². The largest absolute Gasteiger partial charge is 0.323 e. The lowest BCUT2D eigenvalue weighted by Crippen LogP contribution is -2.17. The van der Waals surface area contributed by atoms with Gasteiger partial charge in [-0.25, -0.2) is 8.89 Å². The number of nitrogens with zero attached hydrogens (tertiary/aromatic N) is 2. The fraction of sp³-hybridized carbons (Fsp3) is 0.300. The van der Waals surface area contributed by atoms with Gasteiger partial charge in [0, 0.05) is 12.0 Å². The lowest BCUT2D eigenvalue weighted by atomic mass is 10.4. The second kappa shape index (κ2) is 4.05. The molecule has 1 aromatic heterocycles. The van der Waals surface area contributed by atoms with Crippen molar-refractivity contribution in [3.63, 3.8) is 0 Å². The molecule has 0 spiro atoms. The summed E-state index contributed by atoms with van der Waals surface area (Å²) in [5.41, 5.74) is 0.532. The Bertz CT molecular complexity index is 588. The van der Waals surface area contributed by atoms with Crippen LogP contribution in [0.1, 0.15) is 12.8 Å². The van der Waals surface area contributed by atoms with E-state index < -0.39 is 16.9 Å². The van der Waals surface area contributed by atoms with E-state index in [0.29, 0.717) is 5.69 Å². The first-order chi connectivity index (χ1) is 8.63. The van der Waals surface area contributed by atoms with E-state index in [2.05, 4.69) is 15.1 Å². The fourth-order valence-electron chi connectivity index (χ4n) is 1.59. The number of carbonyl (C=O) groups excluding carboxylic acids is 2. The highest BCUT2D eigenvalue weighted by molar-refractivity contribution is 7.93. The lowest BCUT2D eigenvalue weighted by molar-refractivity contribution is -0.117. The molecule has 1 unspecified atom stereocenters. The van der Waals surface area contributed by atoms with Gasteiger partial charge in [0.2, 0.25) is 5.91 Å². The van der Waals surface area contributed by atoms with Crippen LogP contribution >= 0.6 is 0 Å². The zero-order chi connectivity index (χ0) is 12.7. The molecule has 1 aliphatic carbocycles. The normalized spacial score (nSPS) is 22.6. The quantitative estimate of drug-likeness (QED) is 0.794. The van der Waals surface area contributed by atoms with Gasteiger partial charge in [0.25, 0.3) is 5.91 Å². The van der Waals surface area contributed by atoms with Crippen LogP contribution in [0, 0.1) is 5.92 Å². The number of hydrogen-bond donors (Lipinski definition) is 2. The first kappa shape index (κ1) is 11.1. The average molecular weight is 266 g/mol. The second-order valence-corrected chi connectivity index (χ2v) is 5.31. The summed E-state index contributed by atoms with van der Waals surface area (Å²) >= 11 is 0.